The minimum absolute atomic E-state index is 0.123. The summed E-state index contributed by atoms with van der Waals surface area (Å²) in [7, 11) is 0. The molecule has 1 atom stereocenters. The van der Waals surface area contributed by atoms with Crippen molar-refractivity contribution in [2.24, 2.45) is 5.92 Å². The Labute approximate surface area is 140 Å². The van der Waals surface area contributed by atoms with Crippen LogP contribution in [0.1, 0.15) is 17.5 Å². The lowest BCUT2D eigenvalue weighted by Gasteiger charge is -2.17. The summed E-state index contributed by atoms with van der Waals surface area (Å²) in [5.74, 6) is -1.05. The highest BCUT2D eigenvalue weighted by Gasteiger charge is 2.34. The van der Waals surface area contributed by atoms with Gasteiger partial charge < -0.3 is 10.2 Å². The Morgan fingerprint density at radius 2 is 1.92 bits per heavy atom. The maximum Gasteiger partial charge on any atom is 0.229 e. The Morgan fingerprint density at radius 3 is 2.62 bits per heavy atom. The van der Waals surface area contributed by atoms with Crippen LogP contribution in [0.15, 0.2) is 48.5 Å². The number of benzene rings is 2. The van der Waals surface area contributed by atoms with Crippen molar-refractivity contribution in [1.29, 1.82) is 0 Å². The number of nitrogens with one attached hydrogen (secondary N) is 1. The number of carbonyl (C=O) groups excluding carboxylic acids is 2. The van der Waals surface area contributed by atoms with Crippen molar-refractivity contribution in [2.45, 2.75) is 19.9 Å². The third-order valence-corrected chi connectivity index (χ3v) is 4.22. The summed E-state index contributed by atoms with van der Waals surface area (Å²) in [6.45, 7) is 2.48. The van der Waals surface area contributed by atoms with E-state index in [0.717, 1.165) is 5.56 Å². The molecule has 0 spiro atoms. The Bertz CT molecular complexity index is 758. The third-order valence-electron chi connectivity index (χ3n) is 4.22. The number of hydrogen-bond donors (Lipinski definition) is 1. The largest absolute Gasteiger partial charge is 0.337 e. The van der Waals surface area contributed by atoms with Gasteiger partial charge in [0.15, 0.2) is 0 Å². The molecule has 4 nitrogen and oxygen atoms in total. The first-order valence-electron chi connectivity index (χ1n) is 7.91. The van der Waals surface area contributed by atoms with Gasteiger partial charge in [-0.25, -0.2) is 4.39 Å². The van der Waals surface area contributed by atoms with E-state index in [1.165, 1.54) is 11.0 Å². The van der Waals surface area contributed by atoms with Gasteiger partial charge in [0, 0.05) is 30.8 Å². The lowest BCUT2D eigenvalue weighted by Crippen LogP contribution is -2.28. The van der Waals surface area contributed by atoms with Gasteiger partial charge in [-0.3, -0.25) is 9.59 Å². The first-order chi connectivity index (χ1) is 11.5. The normalized spacial score (nSPS) is 17.2. The van der Waals surface area contributed by atoms with Crippen molar-refractivity contribution in [3.05, 3.63) is 65.5 Å². The fourth-order valence-electron chi connectivity index (χ4n) is 2.81. The van der Waals surface area contributed by atoms with E-state index < -0.39 is 5.92 Å². The van der Waals surface area contributed by atoms with Crippen LogP contribution >= 0.6 is 0 Å². The zero-order valence-corrected chi connectivity index (χ0v) is 13.5. The predicted molar refractivity (Wildman–Crippen MR) is 89.7 cm³/mol. The number of aryl methyl sites for hydroxylation is 1. The van der Waals surface area contributed by atoms with Crippen molar-refractivity contribution in [2.75, 3.05) is 11.9 Å². The molecule has 1 heterocycles. The second-order valence-electron chi connectivity index (χ2n) is 6.12. The lowest BCUT2D eigenvalue weighted by molar-refractivity contribution is -0.128. The molecule has 1 aliphatic rings. The first-order valence-corrected chi connectivity index (χ1v) is 7.91. The molecule has 3 rings (SSSR count). The van der Waals surface area contributed by atoms with Gasteiger partial charge >= 0.3 is 0 Å². The highest BCUT2D eigenvalue weighted by molar-refractivity contribution is 5.97. The molecule has 1 N–H and O–H groups in total. The van der Waals surface area contributed by atoms with E-state index in [0.29, 0.717) is 17.8 Å². The van der Waals surface area contributed by atoms with Crippen LogP contribution in [0.4, 0.5) is 10.1 Å². The molecule has 0 saturated carbocycles. The minimum Gasteiger partial charge on any atom is -0.337 e. The molecule has 1 fully saturated rings. The molecule has 2 aromatic carbocycles. The number of likely N-dealkylation sites (tertiary alicyclic amines) is 1. The molecule has 1 aliphatic heterocycles. The van der Waals surface area contributed by atoms with Crippen LogP contribution in [0.3, 0.4) is 0 Å². The smallest absolute Gasteiger partial charge is 0.229 e. The van der Waals surface area contributed by atoms with E-state index in [9.17, 15) is 14.0 Å². The van der Waals surface area contributed by atoms with E-state index in [2.05, 4.69) is 5.32 Å². The quantitative estimate of drug-likeness (QED) is 0.938. The van der Waals surface area contributed by atoms with Crippen molar-refractivity contribution >= 4 is 17.5 Å². The van der Waals surface area contributed by atoms with Crippen LogP contribution in [0.5, 0.6) is 0 Å². The summed E-state index contributed by atoms with van der Waals surface area (Å²) < 4.78 is 13.7. The second-order valence-corrected chi connectivity index (χ2v) is 6.12. The Hall–Kier alpha value is -2.69. The van der Waals surface area contributed by atoms with E-state index >= 15 is 0 Å². The average Bonchev–Trinajstić information content (AvgIpc) is 2.93. The molecule has 0 bridgehead atoms. The van der Waals surface area contributed by atoms with Gasteiger partial charge in [0.2, 0.25) is 11.8 Å². The highest BCUT2D eigenvalue weighted by atomic mass is 19.1. The van der Waals surface area contributed by atoms with Gasteiger partial charge in [-0.15, -0.1) is 0 Å². The summed E-state index contributed by atoms with van der Waals surface area (Å²) in [6.07, 6.45) is 0.159. The van der Waals surface area contributed by atoms with E-state index in [1.807, 2.05) is 31.2 Å². The molecule has 5 heteroatoms. The van der Waals surface area contributed by atoms with E-state index in [4.69, 9.17) is 0 Å². The van der Waals surface area contributed by atoms with Gasteiger partial charge in [0.05, 0.1) is 5.92 Å². The molecule has 0 aromatic heterocycles. The van der Waals surface area contributed by atoms with Crippen molar-refractivity contribution in [1.82, 2.24) is 4.90 Å². The van der Waals surface area contributed by atoms with E-state index in [-0.39, 0.29) is 30.6 Å². The average molecular weight is 326 g/mol. The van der Waals surface area contributed by atoms with Crippen LogP contribution < -0.4 is 5.32 Å². The summed E-state index contributed by atoms with van der Waals surface area (Å²) in [6, 6.07) is 13.9. The molecule has 24 heavy (non-hydrogen) atoms. The van der Waals surface area contributed by atoms with Crippen LogP contribution in [-0.4, -0.2) is 23.3 Å². The maximum absolute atomic E-state index is 13.7. The molecular weight excluding hydrogens is 307 g/mol. The first kappa shape index (κ1) is 16.2. The van der Waals surface area contributed by atoms with Gasteiger partial charge in [-0.2, -0.15) is 0 Å². The Morgan fingerprint density at radius 1 is 1.21 bits per heavy atom. The number of halogens is 1. The topological polar surface area (TPSA) is 49.4 Å². The molecule has 0 unspecified atom stereocenters. The summed E-state index contributed by atoms with van der Waals surface area (Å²) in [5.41, 5.74) is 2.29. The van der Waals surface area contributed by atoms with Gasteiger partial charge in [-0.05, 0) is 25.1 Å². The lowest BCUT2D eigenvalue weighted by atomic mass is 10.1. The second kappa shape index (κ2) is 6.83. The monoisotopic (exact) mass is 326 g/mol. The number of anilines is 1. The number of rotatable bonds is 4. The maximum atomic E-state index is 13.7. The Balaban J connectivity index is 1.62. The van der Waals surface area contributed by atoms with Gasteiger partial charge in [0.1, 0.15) is 5.82 Å². The molecule has 0 radical (unpaired) electrons. The molecule has 2 aromatic rings. The summed E-state index contributed by atoms with van der Waals surface area (Å²) >= 11 is 0. The van der Waals surface area contributed by atoms with Crippen molar-refractivity contribution in [3.63, 3.8) is 0 Å². The van der Waals surface area contributed by atoms with E-state index in [1.54, 1.807) is 18.2 Å². The van der Waals surface area contributed by atoms with Crippen LogP contribution in [0.2, 0.25) is 0 Å². The van der Waals surface area contributed by atoms with Crippen molar-refractivity contribution < 1.29 is 14.0 Å². The molecule has 1 saturated heterocycles. The molecular formula is C19H19FN2O2. The zero-order valence-electron chi connectivity index (χ0n) is 13.5. The fraction of sp³-hybridized carbons (Fsp3) is 0.263. The number of hydrogen-bond acceptors (Lipinski definition) is 2. The molecule has 0 aliphatic carbocycles. The van der Waals surface area contributed by atoms with Gasteiger partial charge in [-0.1, -0.05) is 35.9 Å². The molecule has 2 amide bonds. The summed E-state index contributed by atoms with van der Waals surface area (Å²) in [4.78, 5) is 26.0. The highest BCUT2D eigenvalue weighted by Crippen LogP contribution is 2.22. The zero-order chi connectivity index (χ0) is 17.1. The van der Waals surface area contributed by atoms with Crippen LogP contribution in [-0.2, 0) is 16.1 Å². The van der Waals surface area contributed by atoms with Crippen LogP contribution in [0.25, 0.3) is 0 Å². The minimum atomic E-state index is -0.412. The van der Waals surface area contributed by atoms with Gasteiger partial charge in [0.25, 0.3) is 0 Å². The third kappa shape index (κ3) is 3.62. The SMILES string of the molecule is Cc1ccc(NC(=O)[C@H]2CC(=O)N(Cc3ccccc3F)C2)cc1. The summed E-state index contributed by atoms with van der Waals surface area (Å²) in [5, 5.41) is 2.84. The van der Waals surface area contributed by atoms with Crippen molar-refractivity contribution in [3.8, 4) is 0 Å². The number of nitrogens with zero attached hydrogens (tertiary/aromatic N) is 1. The van der Waals surface area contributed by atoms with Crippen LogP contribution in [0, 0.1) is 18.7 Å². The Kier molecular flexibility index (Phi) is 4.60. The molecule has 124 valence electrons. The number of amides is 2. The standard InChI is InChI=1S/C19H19FN2O2/c1-13-6-8-16(9-7-13)21-19(24)15-10-18(23)22(12-15)11-14-4-2-3-5-17(14)20/h2-9,15H,10-12H2,1H3,(H,21,24)/t15-/m0/s1. The fourth-order valence-corrected chi connectivity index (χ4v) is 2.81. The number of carbonyl (C=O) groups is 2. The predicted octanol–water partition coefficient (Wildman–Crippen LogP) is 3.12.